The van der Waals surface area contributed by atoms with Crippen molar-refractivity contribution in [3.63, 3.8) is 0 Å². The number of hydrogen-bond donors (Lipinski definition) is 1. The molecule has 0 spiro atoms. The van der Waals surface area contributed by atoms with Crippen LogP contribution in [0, 0.1) is 0 Å². The highest BCUT2D eigenvalue weighted by Gasteiger charge is 2.18. The Morgan fingerprint density at radius 3 is 2.67 bits per heavy atom. The molecule has 0 radical (unpaired) electrons. The van der Waals surface area contributed by atoms with Crippen LogP contribution in [0.15, 0.2) is 24.5 Å². The largest absolute Gasteiger partial charge is 0.383 e. The summed E-state index contributed by atoms with van der Waals surface area (Å²) in [5, 5.41) is 3.68. The van der Waals surface area contributed by atoms with E-state index < -0.39 is 0 Å². The number of methoxy groups -OCH3 is 1. The predicted octanol–water partition coefficient (Wildman–Crippen LogP) is 1.22. The Hall–Kier alpha value is -1.17. The molecule has 0 amide bonds. The molecule has 5 nitrogen and oxygen atoms in total. The Kier molecular flexibility index (Phi) is 6.92. The topological polar surface area (TPSA) is 40.6 Å². The first kappa shape index (κ1) is 16.2. The number of nitrogens with zero attached hydrogens (tertiary/aromatic N) is 3. The Morgan fingerprint density at radius 1 is 1.29 bits per heavy atom. The van der Waals surface area contributed by atoms with E-state index in [-0.39, 0.29) is 0 Å². The van der Waals surface area contributed by atoms with E-state index in [9.17, 15) is 0 Å². The molecule has 21 heavy (non-hydrogen) atoms. The van der Waals surface area contributed by atoms with Crippen LogP contribution in [0.2, 0.25) is 0 Å². The second-order valence-corrected chi connectivity index (χ2v) is 5.72. The highest BCUT2D eigenvalue weighted by Crippen LogP contribution is 2.18. The van der Waals surface area contributed by atoms with Gasteiger partial charge in [0.2, 0.25) is 0 Å². The molecule has 2 rings (SSSR count). The summed E-state index contributed by atoms with van der Waals surface area (Å²) in [6.45, 7) is 6.19. The summed E-state index contributed by atoms with van der Waals surface area (Å²) < 4.78 is 5.09. The molecule has 5 heteroatoms. The molecule has 1 aromatic heterocycles. The van der Waals surface area contributed by atoms with E-state index in [0.717, 1.165) is 39.3 Å². The first-order chi connectivity index (χ1) is 10.3. The van der Waals surface area contributed by atoms with Crippen molar-refractivity contribution >= 4 is 5.69 Å². The van der Waals surface area contributed by atoms with Gasteiger partial charge in [-0.1, -0.05) is 0 Å². The number of ether oxygens (including phenoxy) is 1. The van der Waals surface area contributed by atoms with E-state index in [2.05, 4.69) is 39.3 Å². The summed E-state index contributed by atoms with van der Waals surface area (Å²) in [5.74, 6) is 0. The van der Waals surface area contributed by atoms with E-state index in [1.807, 2.05) is 12.4 Å². The molecular weight excluding hydrogens is 264 g/mol. The molecule has 0 unspecified atom stereocenters. The molecule has 1 aliphatic heterocycles. The lowest BCUT2D eigenvalue weighted by Gasteiger charge is -2.34. The van der Waals surface area contributed by atoms with Crippen molar-refractivity contribution in [3.05, 3.63) is 24.5 Å². The van der Waals surface area contributed by atoms with Crippen molar-refractivity contribution in [3.8, 4) is 0 Å². The summed E-state index contributed by atoms with van der Waals surface area (Å²) in [4.78, 5) is 8.84. The number of hydrogen-bond acceptors (Lipinski definition) is 5. The van der Waals surface area contributed by atoms with Crippen LogP contribution >= 0.6 is 0 Å². The fraction of sp³-hybridized carbons (Fsp3) is 0.688. The van der Waals surface area contributed by atoms with E-state index in [1.165, 1.54) is 18.5 Å². The first-order valence-electron chi connectivity index (χ1n) is 7.85. The van der Waals surface area contributed by atoms with Gasteiger partial charge in [0.1, 0.15) is 0 Å². The van der Waals surface area contributed by atoms with Crippen molar-refractivity contribution in [1.82, 2.24) is 15.2 Å². The molecule has 118 valence electrons. The third kappa shape index (κ3) is 5.61. The lowest BCUT2D eigenvalue weighted by atomic mass is 10.0. The summed E-state index contributed by atoms with van der Waals surface area (Å²) in [5.41, 5.74) is 1.29. The summed E-state index contributed by atoms with van der Waals surface area (Å²) in [7, 11) is 3.90. The Bertz CT molecular complexity index is 379. The van der Waals surface area contributed by atoms with Gasteiger partial charge in [-0.05, 0) is 32.0 Å². The van der Waals surface area contributed by atoms with Crippen LogP contribution in [-0.4, -0.2) is 69.4 Å². The summed E-state index contributed by atoms with van der Waals surface area (Å²) in [6, 6.07) is 4.84. The van der Waals surface area contributed by atoms with Crippen molar-refractivity contribution in [1.29, 1.82) is 0 Å². The molecule has 0 bridgehead atoms. The van der Waals surface area contributed by atoms with Crippen LogP contribution < -0.4 is 10.2 Å². The zero-order chi connectivity index (χ0) is 14.9. The molecule has 1 aromatic rings. The van der Waals surface area contributed by atoms with Gasteiger partial charge in [0.25, 0.3) is 0 Å². The van der Waals surface area contributed by atoms with Gasteiger partial charge < -0.3 is 19.9 Å². The van der Waals surface area contributed by atoms with Crippen LogP contribution in [-0.2, 0) is 4.74 Å². The minimum Gasteiger partial charge on any atom is -0.383 e. The van der Waals surface area contributed by atoms with Gasteiger partial charge in [-0.3, -0.25) is 4.98 Å². The molecule has 1 saturated heterocycles. The molecule has 1 fully saturated rings. The molecule has 0 atom stereocenters. The average Bonchev–Trinajstić information content (AvgIpc) is 2.54. The van der Waals surface area contributed by atoms with Crippen LogP contribution in [0.25, 0.3) is 0 Å². The molecule has 0 aromatic carbocycles. The van der Waals surface area contributed by atoms with Crippen molar-refractivity contribution in [2.24, 2.45) is 0 Å². The van der Waals surface area contributed by atoms with Crippen molar-refractivity contribution in [2.75, 3.05) is 58.4 Å². The van der Waals surface area contributed by atoms with Gasteiger partial charge in [0, 0.05) is 64.0 Å². The number of piperidine rings is 1. The van der Waals surface area contributed by atoms with Crippen LogP contribution in [0.1, 0.15) is 12.8 Å². The summed E-state index contributed by atoms with van der Waals surface area (Å²) in [6.07, 6.45) is 6.17. The number of rotatable bonds is 8. The second-order valence-electron chi connectivity index (χ2n) is 5.72. The zero-order valence-corrected chi connectivity index (χ0v) is 13.3. The highest BCUT2D eigenvalue weighted by atomic mass is 16.5. The third-order valence-electron chi connectivity index (χ3n) is 4.13. The molecule has 0 saturated carbocycles. The van der Waals surface area contributed by atoms with Gasteiger partial charge in [-0.25, -0.2) is 0 Å². The monoisotopic (exact) mass is 292 g/mol. The van der Waals surface area contributed by atoms with Gasteiger partial charge in [-0.15, -0.1) is 0 Å². The Balaban J connectivity index is 1.61. The normalized spacial score (nSPS) is 16.6. The van der Waals surface area contributed by atoms with Crippen LogP contribution in [0.3, 0.4) is 0 Å². The smallest absolute Gasteiger partial charge is 0.0589 e. The number of pyridine rings is 1. The maximum atomic E-state index is 5.09. The number of aromatic nitrogens is 1. The van der Waals surface area contributed by atoms with Gasteiger partial charge in [0.05, 0.1) is 6.61 Å². The van der Waals surface area contributed by atoms with Crippen LogP contribution in [0.4, 0.5) is 5.69 Å². The fourth-order valence-electron chi connectivity index (χ4n) is 2.72. The highest BCUT2D eigenvalue weighted by molar-refractivity contribution is 5.44. The lowest BCUT2D eigenvalue weighted by molar-refractivity contribution is 0.160. The number of likely N-dealkylation sites (N-methyl/N-ethyl adjacent to an activating group) is 1. The van der Waals surface area contributed by atoms with E-state index in [4.69, 9.17) is 4.74 Å². The maximum Gasteiger partial charge on any atom is 0.0589 e. The molecule has 0 aliphatic carbocycles. The quantitative estimate of drug-likeness (QED) is 0.780. The number of anilines is 1. The van der Waals surface area contributed by atoms with Crippen LogP contribution in [0.5, 0.6) is 0 Å². The van der Waals surface area contributed by atoms with Gasteiger partial charge >= 0.3 is 0 Å². The number of nitrogens with one attached hydrogen (secondary N) is 1. The summed E-state index contributed by atoms with van der Waals surface area (Å²) >= 11 is 0. The minimum absolute atomic E-state index is 0.652. The first-order valence-corrected chi connectivity index (χ1v) is 7.85. The van der Waals surface area contributed by atoms with Gasteiger partial charge in [0.15, 0.2) is 0 Å². The molecule has 1 aliphatic rings. The zero-order valence-electron chi connectivity index (χ0n) is 13.3. The van der Waals surface area contributed by atoms with Gasteiger partial charge in [-0.2, -0.15) is 0 Å². The Morgan fingerprint density at radius 2 is 2.00 bits per heavy atom. The fourth-order valence-corrected chi connectivity index (χ4v) is 2.72. The molecule has 1 N–H and O–H groups in total. The van der Waals surface area contributed by atoms with E-state index in [1.54, 1.807) is 7.11 Å². The average molecular weight is 292 g/mol. The maximum absolute atomic E-state index is 5.09. The lowest BCUT2D eigenvalue weighted by Crippen LogP contribution is -2.44. The van der Waals surface area contributed by atoms with E-state index in [0.29, 0.717) is 6.04 Å². The van der Waals surface area contributed by atoms with Crippen molar-refractivity contribution in [2.45, 2.75) is 18.9 Å². The SMILES string of the molecule is COCCN(C)CCNC1CCN(c2ccncc2)CC1. The molecule has 2 heterocycles. The Labute approximate surface area is 128 Å². The third-order valence-corrected chi connectivity index (χ3v) is 4.13. The minimum atomic E-state index is 0.652. The second kappa shape index (κ2) is 8.97. The predicted molar refractivity (Wildman–Crippen MR) is 86.8 cm³/mol. The van der Waals surface area contributed by atoms with E-state index >= 15 is 0 Å². The van der Waals surface area contributed by atoms with Crippen molar-refractivity contribution < 1.29 is 4.74 Å². The standard InChI is InChI=1S/C16H28N4O/c1-19(13-14-21-2)12-9-18-15-5-10-20(11-6-15)16-3-7-17-8-4-16/h3-4,7-8,15,18H,5-6,9-14H2,1-2H3. The molecular formula is C16H28N4O.